The van der Waals surface area contributed by atoms with Crippen molar-refractivity contribution in [1.82, 2.24) is 9.80 Å². The molecule has 2 heterocycles. The minimum atomic E-state index is -0.243. The molecule has 0 saturated carbocycles. The van der Waals surface area contributed by atoms with E-state index in [1.807, 2.05) is 42.5 Å². The van der Waals surface area contributed by atoms with Crippen molar-refractivity contribution in [3.05, 3.63) is 60.1 Å². The number of amides is 2. The van der Waals surface area contributed by atoms with Crippen LogP contribution in [-0.4, -0.2) is 35.2 Å². The zero-order valence-corrected chi connectivity index (χ0v) is 13.9. The average molecular weight is 326 g/mol. The van der Waals surface area contributed by atoms with E-state index in [4.69, 9.17) is 4.42 Å². The number of rotatable bonds is 5. The number of furan rings is 1. The molecule has 2 amide bonds. The third-order valence-corrected chi connectivity index (χ3v) is 4.46. The van der Waals surface area contributed by atoms with E-state index >= 15 is 0 Å². The zero-order chi connectivity index (χ0) is 16.9. The van der Waals surface area contributed by atoms with Crippen molar-refractivity contribution in [1.29, 1.82) is 0 Å². The third kappa shape index (κ3) is 3.85. The van der Waals surface area contributed by atoms with E-state index in [2.05, 4.69) is 0 Å². The molecule has 0 aliphatic carbocycles. The van der Waals surface area contributed by atoms with Gasteiger partial charge in [-0.25, -0.2) is 0 Å². The standard InChI is InChI=1S/C19H22N2O3/c1-20-10-9-16(12-18(20)22)19(23)21(14-17-8-5-11-24-17)13-15-6-3-2-4-7-15/h2-8,11,16H,9-10,12-14H2,1H3/t16-/m1/s1. The minimum absolute atomic E-state index is 0.0247. The van der Waals surface area contributed by atoms with Gasteiger partial charge >= 0.3 is 0 Å². The Balaban J connectivity index is 1.75. The lowest BCUT2D eigenvalue weighted by Gasteiger charge is -2.32. The van der Waals surface area contributed by atoms with Crippen LogP contribution >= 0.6 is 0 Å². The number of carbonyl (C=O) groups is 2. The molecule has 24 heavy (non-hydrogen) atoms. The van der Waals surface area contributed by atoms with Gasteiger partial charge in [0, 0.05) is 32.5 Å². The van der Waals surface area contributed by atoms with Gasteiger partial charge in [-0.15, -0.1) is 0 Å². The van der Waals surface area contributed by atoms with E-state index in [1.165, 1.54) is 0 Å². The van der Waals surface area contributed by atoms with Crippen LogP contribution in [0, 0.1) is 5.92 Å². The quantitative estimate of drug-likeness (QED) is 0.849. The molecule has 0 radical (unpaired) electrons. The van der Waals surface area contributed by atoms with Crippen molar-refractivity contribution in [3.63, 3.8) is 0 Å². The predicted octanol–water partition coefficient (Wildman–Crippen LogP) is 2.68. The van der Waals surface area contributed by atoms with E-state index in [0.29, 0.717) is 32.5 Å². The first-order valence-corrected chi connectivity index (χ1v) is 8.22. The molecule has 2 aromatic rings. The van der Waals surface area contributed by atoms with Crippen molar-refractivity contribution < 1.29 is 14.0 Å². The monoisotopic (exact) mass is 326 g/mol. The molecule has 3 rings (SSSR count). The highest BCUT2D eigenvalue weighted by molar-refractivity contribution is 5.86. The predicted molar refractivity (Wildman–Crippen MR) is 89.8 cm³/mol. The molecule has 1 aromatic heterocycles. The molecule has 0 spiro atoms. The second-order valence-corrected chi connectivity index (χ2v) is 6.26. The maximum Gasteiger partial charge on any atom is 0.226 e. The van der Waals surface area contributed by atoms with Gasteiger partial charge in [0.25, 0.3) is 0 Å². The Bertz CT molecular complexity index is 682. The van der Waals surface area contributed by atoms with Crippen LogP contribution in [0.1, 0.15) is 24.2 Å². The van der Waals surface area contributed by atoms with Crippen molar-refractivity contribution in [2.45, 2.75) is 25.9 Å². The fraction of sp³-hybridized carbons (Fsp3) is 0.368. The number of hydrogen-bond acceptors (Lipinski definition) is 3. The lowest BCUT2D eigenvalue weighted by atomic mass is 9.94. The summed E-state index contributed by atoms with van der Waals surface area (Å²) in [5.74, 6) is 0.569. The fourth-order valence-corrected chi connectivity index (χ4v) is 3.02. The van der Waals surface area contributed by atoms with Gasteiger partial charge in [-0.3, -0.25) is 9.59 Å². The molecule has 1 aromatic carbocycles. The smallest absolute Gasteiger partial charge is 0.226 e. The van der Waals surface area contributed by atoms with Gasteiger partial charge in [0.1, 0.15) is 5.76 Å². The second kappa shape index (κ2) is 7.34. The molecular formula is C19H22N2O3. The first kappa shape index (κ1) is 16.3. The van der Waals surface area contributed by atoms with Gasteiger partial charge < -0.3 is 14.2 Å². The SMILES string of the molecule is CN1CC[C@@H](C(=O)N(Cc2ccccc2)Cc2ccco2)CC1=O. The van der Waals surface area contributed by atoms with Crippen LogP contribution in [0.25, 0.3) is 0 Å². The van der Waals surface area contributed by atoms with E-state index in [-0.39, 0.29) is 17.7 Å². The van der Waals surface area contributed by atoms with Gasteiger partial charge in [-0.05, 0) is 24.1 Å². The Morgan fingerprint density at radius 1 is 1.21 bits per heavy atom. The van der Waals surface area contributed by atoms with Crippen molar-refractivity contribution in [2.24, 2.45) is 5.92 Å². The summed E-state index contributed by atoms with van der Waals surface area (Å²) in [5, 5.41) is 0. The highest BCUT2D eigenvalue weighted by Crippen LogP contribution is 2.22. The highest BCUT2D eigenvalue weighted by Gasteiger charge is 2.31. The van der Waals surface area contributed by atoms with Crippen LogP contribution in [0.5, 0.6) is 0 Å². The molecule has 5 nitrogen and oxygen atoms in total. The van der Waals surface area contributed by atoms with Crippen molar-refractivity contribution in [3.8, 4) is 0 Å². The van der Waals surface area contributed by atoms with Gasteiger partial charge in [-0.1, -0.05) is 30.3 Å². The number of carbonyl (C=O) groups excluding carboxylic acids is 2. The molecule has 1 fully saturated rings. The molecule has 1 saturated heterocycles. The van der Waals surface area contributed by atoms with Gasteiger partial charge in [0.2, 0.25) is 11.8 Å². The van der Waals surface area contributed by atoms with Gasteiger partial charge in [-0.2, -0.15) is 0 Å². The lowest BCUT2D eigenvalue weighted by molar-refractivity contribution is -0.145. The normalized spacial score (nSPS) is 17.8. The summed E-state index contributed by atoms with van der Waals surface area (Å²) in [6.07, 6.45) is 2.61. The molecule has 126 valence electrons. The molecule has 1 atom stereocenters. The summed E-state index contributed by atoms with van der Waals surface area (Å²) in [6, 6.07) is 13.6. The first-order valence-electron chi connectivity index (χ1n) is 8.22. The summed E-state index contributed by atoms with van der Waals surface area (Å²) in [4.78, 5) is 28.4. The maximum absolute atomic E-state index is 13.0. The highest BCUT2D eigenvalue weighted by atomic mass is 16.3. The topological polar surface area (TPSA) is 53.8 Å². The third-order valence-electron chi connectivity index (χ3n) is 4.46. The summed E-state index contributed by atoms with van der Waals surface area (Å²) in [7, 11) is 1.79. The fourth-order valence-electron chi connectivity index (χ4n) is 3.02. The summed E-state index contributed by atoms with van der Waals surface area (Å²) >= 11 is 0. The Morgan fingerprint density at radius 2 is 2.00 bits per heavy atom. The van der Waals surface area contributed by atoms with E-state index in [9.17, 15) is 9.59 Å². The number of hydrogen-bond donors (Lipinski definition) is 0. The Labute approximate surface area is 141 Å². The molecule has 0 bridgehead atoms. The summed E-state index contributed by atoms with van der Waals surface area (Å²) < 4.78 is 5.41. The molecule has 0 unspecified atom stereocenters. The summed E-state index contributed by atoms with van der Waals surface area (Å²) in [6.45, 7) is 1.57. The van der Waals surface area contributed by atoms with E-state index in [1.54, 1.807) is 23.1 Å². The summed E-state index contributed by atoms with van der Waals surface area (Å²) in [5.41, 5.74) is 1.07. The van der Waals surface area contributed by atoms with Gasteiger partial charge in [0.05, 0.1) is 12.8 Å². The maximum atomic E-state index is 13.0. The first-order chi connectivity index (χ1) is 11.6. The molecular weight excluding hydrogens is 304 g/mol. The van der Waals surface area contributed by atoms with Crippen LogP contribution < -0.4 is 0 Å². The molecule has 1 aliphatic rings. The Morgan fingerprint density at radius 3 is 2.67 bits per heavy atom. The van der Waals surface area contributed by atoms with Crippen molar-refractivity contribution in [2.75, 3.05) is 13.6 Å². The Hall–Kier alpha value is -2.56. The Kier molecular flexibility index (Phi) is 4.99. The van der Waals surface area contributed by atoms with E-state index in [0.717, 1.165) is 11.3 Å². The largest absolute Gasteiger partial charge is 0.467 e. The minimum Gasteiger partial charge on any atom is -0.467 e. The van der Waals surface area contributed by atoms with Gasteiger partial charge in [0.15, 0.2) is 0 Å². The molecule has 0 N–H and O–H groups in total. The van der Waals surface area contributed by atoms with Crippen LogP contribution in [0.3, 0.4) is 0 Å². The lowest BCUT2D eigenvalue weighted by Crippen LogP contribution is -2.43. The van der Waals surface area contributed by atoms with Crippen molar-refractivity contribution >= 4 is 11.8 Å². The number of likely N-dealkylation sites (tertiary alicyclic amines) is 1. The number of benzene rings is 1. The van der Waals surface area contributed by atoms with Crippen LogP contribution in [0.4, 0.5) is 0 Å². The zero-order valence-electron chi connectivity index (χ0n) is 13.9. The number of nitrogens with zero attached hydrogens (tertiary/aromatic N) is 2. The second-order valence-electron chi connectivity index (χ2n) is 6.26. The van der Waals surface area contributed by atoms with Crippen LogP contribution in [0.15, 0.2) is 53.1 Å². The van der Waals surface area contributed by atoms with Crippen LogP contribution in [0.2, 0.25) is 0 Å². The molecule has 5 heteroatoms. The molecule has 1 aliphatic heterocycles. The van der Waals surface area contributed by atoms with Crippen LogP contribution in [-0.2, 0) is 22.7 Å². The van der Waals surface area contributed by atoms with E-state index < -0.39 is 0 Å². The average Bonchev–Trinajstić information content (AvgIpc) is 3.10. The number of piperidine rings is 1.